The van der Waals surface area contributed by atoms with Gasteiger partial charge in [-0.15, -0.1) is 0 Å². The molecule has 0 fully saturated rings. The van der Waals surface area contributed by atoms with Crippen molar-refractivity contribution in [2.24, 2.45) is 0 Å². The average Bonchev–Trinajstić information content (AvgIpc) is 2.61. The van der Waals surface area contributed by atoms with Crippen molar-refractivity contribution in [2.75, 3.05) is 37.9 Å². The van der Waals surface area contributed by atoms with Crippen LogP contribution >= 0.6 is 0 Å². The highest BCUT2D eigenvalue weighted by molar-refractivity contribution is 6.03. The lowest BCUT2D eigenvalue weighted by molar-refractivity contribution is 0.0588. The summed E-state index contributed by atoms with van der Waals surface area (Å²) in [7, 11) is 2.69. The van der Waals surface area contributed by atoms with Crippen LogP contribution in [0.25, 0.3) is 0 Å². The van der Waals surface area contributed by atoms with Crippen molar-refractivity contribution in [1.82, 2.24) is 0 Å². The van der Waals surface area contributed by atoms with Crippen LogP contribution in [0.4, 0.5) is 11.4 Å². The number of anilines is 2. The van der Waals surface area contributed by atoms with Crippen LogP contribution in [-0.2, 0) is 9.47 Å². The van der Waals surface area contributed by atoms with Crippen LogP contribution in [0.1, 0.15) is 60.2 Å². The zero-order chi connectivity index (χ0) is 17.9. The van der Waals surface area contributed by atoms with E-state index in [1.54, 1.807) is 12.1 Å². The molecule has 134 valence electrons. The molecule has 0 aromatic heterocycles. The molecule has 0 amide bonds. The van der Waals surface area contributed by atoms with Gasteiger partial charge in [-0.25, -0.2) is 9.59 Å². The predicted molar refractivity (Wildman–Crippen MR) is 95.9 cm³/mol. The van der Waals surface area contributed by atoms with Crippen molar-refractivity contribution < 1.29 is 19.1 Å². The molecular weight excluding hydrogens is 308 g/mol. The fourth-order valence-corrected chi connectivity index (χ4v) is 2.25. The Morgan fingerprint density at radius 2 is 1.21 bits per heavy atom. The third-order valence-electron chi connectivity index (χ3n) is 3.66. The highest BCUT2D eigenvalue weighted by atomic mass is 16.5. The predicted octanol–water partition coefficient (Wildman–Crippen LogP) is 3.68. The fraction of sp³-hybridized carbons (Fsp3) is 0.556. The maximum absolute atomic E-state index is 12.1. The van der Waals surface area contributed by atoms with E-state index in [0.29, 0.717) is 35.6 Å². The number of nitrogens with one attached hydrogen (secondary N) is 2. The molecule has 0 radical (unpaired) electrons. The Kier molecular flexibility index (Phi) is 8.68. The van der Waals surface area contributed by atoms with E-state index >= 15 is 0 Å². The maximum atomic E-state index is 12.1. The van der Waals surface area contributed by atoms with Gasteiger partial charge in [0.25, 0.3) is 0 Å². The first-order chi connectivity index (χ1) is 11.6. The van der Waals surface area contributed by atoms with Gasteiger partial charge < -0.3 is 20.1 Å². The molecule has 0 heterocycles. The highest BCUT2D eigenvalue weighted by Crippen LogP contribution is 2.27. The van der Waals surface area contributed by atoms with E-state index in [1.807, 2.05) is 0 Å². The molecule has 0 aliphatic rings. The molecule has 1 aromatic rings. The van der Waals surface area contributed by atoms with Crippen molar-refractivity contribution in [1.29, 1.82) is 0 Å². The quantitative estimate of drug-likeness (QED) is 0.501. The van der Waals surface area contributed by atoms with Crippen LogP contribution in [0.15, 0.2) is 12.1 Å². The van der Waals surface area contributed by atoms with E-state index in [1.165, 1.54) is 14.2 Å². The minimum Gasteiger partial charge on any atom is -0.465 e. The Hall–Kier alpha value is -2.24. The number of methoxy groups -OCH3 is 2. The van der Waals surface area contributed by atoms with E-state index < -0.39 is 11.9 Å². The second-order valence-corrected chi connectivity index (χ2v) is 5.49. The third kappa shape index (κ3) is 5.44. The first-order valence-corrected chi connectivity index (χ1v) is 8.41. The Labute approximate surface area is 143 Å². The third-order valence-corrected chi connectivity index (χ3v) is 3.66. The van der Waals surface area contributed by atoms with Crippen molar-refractivity contribution in [3.8, 4) is 0 Å². The summed E-state index contributed by atoms with van der Waals surface area (Å²) in [6, 6.07) is 3.31. The highest BCUT2D eigenvalue weighted by Gasteiger charge is 2.20. The lowest BCUT2D eigenvalue weighted by Crippen LogP contribution is -2.15. The van der Waals surface area contributed by atoms with Crippen LogP contribution in [0, 0.1) is 0 Å². The lowest BCUT2D eigenvalue weighted by Gasteiger charge is -2.16. The van der Waals surface area contributed by atoms with Crippen LogP contribution < -0.4 is 10.6 Å². The molecule has 6 heteroatoms. The summed E-state index contributed by atoms with van der Waals surface area (Å²) in [4.78, 5) is 24.2. The Bertz CT molecular complexity index is 508. The van der Waals surface area contributed by atoms with Gasteiger partial charge in [-0.05, 0) is 25.0 Å². The van der Waals surface area contributed by atoms with Gasteiger partial charge in [-0.2, -0.15) is 0 Å². The van der Waals surface area contributed by atoms with Gasteiger partial charge in [0.1, 0.15) is 0 Å². The summed E-state index contributed by atoms with van der Waals surface area (Å²) in [6.45, 7) is 5.60. The average molecular weight is 336 g/mol. The number of carbonyl (C=O) groups excluding carboxylic acids is 2. The van der Waals surface area contributed by atoms with Gasteiger partial charge >= 0.3 is 11.9 Å². The summed E-state index contributed by atoms with van der Waals surface area (Å²) in [5.41, 5.74) is 1.97. The summed E-state index contributed by atoms with van der Waals surface area (Å²) in [5.74, 6) is -0.882. The molecule has 0 aliphatic carbocycles. The number of benzene rings is 1. The largest absolute Gasteiger partial charge is 0.465 e. The molecule has 1 rings (SSSR count). The van der Waals surface area contributed by atoms with Crippen molar-refractivity contribution >= 4 is 23.3 Å². The number of hydrogen-bond acceptors (Lipinski definition) is 6. The van der Waals surface area contributed by atoms with E-state index in [0.717, 1.165) is 25.7 Å². The standard InChI is InChI=1S/C18H28N2O4/c1-5-7-9-19-15-11-14(18(22)24-4)16(20-10-8-6-2)12-13(15)17(21)23-3/h11-12,19-20H,5-10H2,1-4H3. The lowest BCUT2D eigenvalue weighted by atomic mass is 10.1. The second kappa shape index (κ2) is 10.5. The number of rotatable bonds is 10. The van der Waals surface area contributed by atoms with Gasteiger partial charge in [-0.3, -0.25) is 0 Å². The molecule has 1 aromatic carbocycles. The summed E-state index contributed by atoms with van der Waals surface area (Å²) >= 11 is 0. The van der Waals surface area contributed by atoms with E-state index in [9.17, 15) is 9.59 Å². The molecule has 0 saturated heterocycles. The summed E-state index contributed by atoms with van der Waals surface area (Å²) in [5, 5.41) is 6.41. The van der Waals surface area contributed by atoms with Gasteiger partial charge in [0.2, 0.25) is 0 Å². The van der Waals surface area contributed by atoms with Crippen LogP contribution in [-0.4, -0.2) is 39.2 Å². The van der Waals surface area contributed by atoms with Crippen LogP contribution in [0.3, 0.4) is 0 Å². The maximum Gasteiger partial charge on any atom is 0.340 e. The normalized spacial score (nSPS) is 10.2. The monoisotopic (exact) mass is 336 g/mol. The molecule has 0 aliphatic heterocycles. The molecule has 0 saturated carbocycles. The zero-order valence-corrected chi connectivity index (χ0v) is 15.0. The minimum atomic E-state index is -0.441. The van der Waals surface area contributed by atoms with E-state index in [2.05, 4.69) is 24.5 Å². The SMILES string of the molecule is CCCCNc1cc(C(=O)OC)c(NCCCC)cc1C(=O)OC. The Morgan fingerprint density at radius 3 is 1.50 bits per heavy atom. The molecule has 6 nitrogen and oxygen atoms in total. The molecule has 0 bridgehead atoms. The van der Waals surface area contributed by atoms with Gasteiger partial charge in [-0.1, -0.05) is 26.7 Å². The smallest absolute Gasteiger partial charge is 0.340 e. The first-order valence-electron chi connectivity index (χ1n) is 8.41. The number of carbonyl (C=O) groups is 2. The van der Waals surface area contributed by atoms with E-state index in [4.69, 9.17) is 9.47 Å². The second-order valence-electron chi connectivity index (χ2n) is 5.49. The minimum absolute atomic E-state index is 0.403. The van der Waals surface area contributed by atoms with Crippen LogP contribution in [0.5, 0.6) is 0 Å². The van der Waals surface area contributed by atoms with Gasteiger partial charge in [0.05, 0.1) is 25.3 Å². The van der Waals surface area contributed by atoms with Crippen LogP contribution in [0.2, 0.25) is 0 Å². The molecular formula is C18H28N2O4. The van der Waals surface area contributed by atoms with Crippen molar-refractivity contribution in [2.45, 2.75) is 39.5 Å². The fourth-order valence-electron chi connectivity index (χ4n) is 2.25. The Morgan fingerprint density at radius 1 is 0.833 bits per heavy atom. The number of esters is 2. The van der Waals surface area contributed by atoms with Crippen molar-refractivity contribution in [3.05, 3.63) is 23.3 Å². The summed E-state index contributed by atoms with van der Waals surface area (Å²) in [6.07, 6.45) is 3.98. The molecule has 24 heavy (non-hydrogen) atoms. The van der Waals surface area contributed by atoms with E-state index in [-0.39, 0.29) is 0 Å². The number of hydrogen-bond donors (Lipinski definition) is 2. The zero-order valence-electron chi connectivity index (χ0n) is 15.0. The Balaban J connectivity index is 3.24. The molecule has 0 unspecified atom stereocenters. The number of ether oxygens (including phenoxy) is 2. The number of unbranched alkanes of at least 4 members (excludes halogenated alkanes) is 2. The topological polar surface area (TPSA) is 76.7 Å². The summed E-state index contributed by atoms with van der Waals surface area (Å²) < 4.78 is 9.74. The molecule has 2 N–H and O–H groups in total. The van der Waals surface area contributed by atoms with Gasteiger partial charge in [0, 0.05) is 24.5 Å². The molecule has 0 spiro atoms. The molecule has 0 atom stereocenters. The first kappa shape index (κ1) is 19.8. The van der Waals surface area contributed by atoms with Gasteiger partial charge in [0.15, 0.2) is 0 Å². The van der Waals surface area contributed by atoms with Crippen molar-refractivity contribution in [3.63, 3.8) is 0 Å².